The van der Waals surface area contributed by atoms with Crippen LogP contribution in [0.3, 0.4) is 0 Å². The van der Waals surface area contributed by atoms with Crippen LogP contribution in [-0.4, -0.2) is 0 Å². The van der Waals surface area contributed by atoms with Crippen molar-refractivity contribution >= 4 is 66.2 Å². The number of hydrogen-bond donors (Lipinski definition) is 1. The van der Waals surface area contributed by atoms with E-state index in [-0.39, 0.29) is 6.23 Å². The van der Waals surface area contributed by atoms with Crippen LogP contribution in [0.15, 0.2) is 199 Å². The van der Waals surface area contributed by atoms with Gasteiger partial charge in [0.15, 0.2) is 12.0 Å². The van der Waals surface area contributed by atoms with Gasteiger partial charge in [0.2, 0.25) is 0 Å². The van der Waals surface area contributed by atoms with Gasteiger partial charge in [-0.3, -0.25) is 0 Å². The van der Waals surface area contributed by atoms with Gasteiger partial charge in [-0.1, -0.05) is 140 Å². The van der Waals surface area contributed by atoms with E-state index in [0.29, 0.717) is 0 Å². The number of anilines is 4. The second-order valence-corrected chi connectivity index (χ2v) is 14.1. The zero-order valence-electron chi connectivity index (χ0n) is 29.8. The maximum absolute atomic E-state index is 6.64. The number of rotatable bonds is 6. The number of benzene rings is 9. The van der Waals surface area contributed by atoms with E-state index in [0.717, 1.165) is 83.5 Å². The molecule has 1 aliphatic heterocycles. The molecule has 0 saturated heterocycles. The van der Waals surface area contributed by atoms with Gasteiger partial charge in [-0.15, -0.1) is 0 Å². The number of nitrogens with one attached hydrogen (secondary N) is 1. The topological polar surface area (TPSA) is 37.6 Å². The lowest BCUT2D eigenvalue weighted by molar-refractivity contribution is 0.263. The second-order valence-electron chi connectivity index (χ2n) is 14.1. The number of ether oxygens (including phenoxy) is 1. The van der Waals surface area contributed by atoms with Gasteiger partial charge < -0.3 is 19.4 Å². The summed E-state index contributed by atoms with van der Waals surface area (Å²) in [6.07, 6.45) is -0.223. The predicted molar refractivity (Wildman–Crippen MR) is 228 cm³/mol. The molecule has 0 fully saturated rings. The maximum atomic E-state index is 6.64. The van der Waals surface area contributed by atoms with Crippen molar-refractivity contribution in [3.05, 3.63) is 200 Å². The third kappa shape index (κ3) is 5.22. The Morgan fingerprint density at radius 1 is 0.455 bits per heavy atom. The molecular weight excluding hydrogens is 673 g/mol. The minimum Gasteiger partial charge on any atom is -0.464 e. The van der Waals surface area contributed by atoms with Crippen molar-refractivity contribution in [2.45, 2.75) is 6.23 Å². The van der Waals surface area contributed by atoms with E-state index in [9.17, 15) is 0 Å². The number of nitrogens with zero attached hydrogens (tertiary/aromatic N) is 1. The van der Waals surface area contributed by atoms with E-state index in [4.69, 9.17) is 9.15 Å². The first-order valence-electron chi connectivity index (χ1n) is 18.7. The molecule has 1 N–H and O–H groups in total. The van der Waals surface area contributed by atoms with E-state index in [2.05, 4.69) is 186 Å². The molecule has 1 aliphatic rings. The molecule has 0 amide bonds. The van der Waals surface area contributed by atoms with E-state index in [1.54, 1.807) is 0 Å². The summed E-state index contributed by atoms with van der Waals surface area (Å²) < 4.78 is 13.0. The Morgan fingerprint density at radius 3 is 1.98 bits per heavy atom. The number of para-hydroxylation sites is 3. The summed E-state index contributed by atoms with van der Waals surface area (Å²) in [6, 6.07) is 68.6. The fourth-order valence-corrected chi connectivity index (χ4v) is 8.31. The van der Waals surface area contributed by atoms with Crippen LogP contribution < -0.4 is 15.0 Å². The Kier molecular flexibility index (Phi) is 7.20. The van der Waals surface area contributed by atoms with Crippen molar-refractivity contribution in [1.29, 1.82) is 0 Å². The molecule has 0 spiro atoms. The third-order valence-electron chi connectivity index (χ3n) is 10.9. The molecule has 0 bridgehead atoms. The molecule has 55 heavy (non-hydrogen) atoms. The van der Waals surface area contributed by atoms with Crippen LogP contribution in [0.4, 0.5) is 22.7 Å². The van der Waals surface area contributed by atoms with Crippen LogP contribution in [0.5, 0.6) is 5.75 Å². The third-order valence-corrected chi connectivity index (χ3v) is 10.9. The Bertz CT molecular complexity index is 3040. The average Bonchev–Trinajstić information content (AvgIpc) is 3.86. The average molecular weight is 707 g/mol. The summed E-state index contributed by atoms with van der Waals surface area (Å²) in [5.41, 5.74) is 11.7. The molecule has 1 unspecified atom stereocenters. The van der Waals surface area contributed by atoms with Crippen LogP contribution in [-0.2, 0) is 0 Å². The van der Waals surface area contributed by atoms with Gasteiger partial charge in [0, 0.05) is 38.7 Å². The van der Waals surface area contributed by atoms with E-state index >= 15 is 0 Å². The quantitative estimate of drug-likeness (QED) is 0.175. The highest BCUT2D eigenvalue weighted by atomic mass is 16.5. The van der Waals surface area contributed by atoms with Crippen molar-refractivity contribution in [2.75, 3.05) is 10.2 Å². The molecule has 1 atom stereocenters. The molecule has 4 heteroatoms. The Morgan fingerprint density at radius 2 is 1.11 bits per heavy atom. The van der Waals surface area contributed by atoms with Crippen molar-refractivity contribution in [3.63, 3.8) is 0 Å². The summed E-state index contributed by atoms with van der Waals surface area (Å²) in [5.74, 6) is 0.904. The number of fused-ring (bicyclic) bond motifs is 8. The molecule has 11 rings (SSSR count). The first-order chi connectivity index (χ1) is 27.3. The zero-order chi connectivity index (χ0) is 36.3. The van der Waals surface area contributed by atoms with Crippen molar-refractivity contribution < 1.29 is 9.15 Å². The van der Waals surface area contributed by atoms with Gasteiger partial charge in [0.25, 0.3) is 0 Å². The minimum absolute atomic E-state index is 0.223. The van der Waals surface area contributed by atoms with Crippen LogP contribution in [0.2, 0.25) is 0 Å². The highest BCUT2D eigenvalue weighted by Gasteiger charge is 2.26. The minimum atomic E-state index is -0.223. The summed E-state index contributed by atoms with van der Waals surface area (Å²) in [6.45, 7) is 0. The molecular formula is C51H34N2O2. The Balaban J connectivity index is 0.998. The van der Waals surface area contributed by atoms with Crippen molar-refractivity contribution in [2.24, 2.45) is 0 Å². The smallest absolute Gasteiger partial charge is 0.196 e. The largest absolute Gasteiger partial charge is 0.464 e. The normalized spacial score (nSPS) is 13.6. The first kappa shape index (κ1) is 31.2. The van der Waals surface area contributed by atoms with Crippen LogP contribution in [0.25, 0.3) is 65.7 Å². The number of hydrogen-bond acceptors (Lipinski definition) is 4. The predicted octanol–water partition coefficient (Wildman–Crippen LogP) is 14.2. The number of furan rings is 1. The van der Waals surface area contributed by atoms with Gasteiger partial charge in [0.1, 0.15) is 11.2 Å². The molecule has 4 nitrogen and oxygen atoms in total. The monoisotopic (exact) mass is 706 g/mol. The molecule has 0 saturated carbocycles. The molecule has 10 aromatic rings. The summed E-state index contributed by atoms with van der Waals surface area (Å²) in [7, 11) is 0. The molecule has 1 aromatic heterocycles. The zero-order valence-corrected chi connectivity index (χ0v) is 29.8. The molecule has 9 aromatic carbocycles. The van der Waals surface area contributed by atoms with Crippen molar-refractivity contribution in [3.8, 4) is 28.0 Å². The molecule has 260 valence electrons. The second kappa shape index (κ2) is 12.7. The maximum Gasteiger partial charge on any atom is 0.196 e. The van der Waals surface area contributed by atoms with E-state index < -0.39 is 0 Å². The van der Waals surface area contributed by atoms with E-state index in [1.807, 2.05) is 18.2 Å². The van der Waals surface area contributed by atoms with Crippen molar-refractivity contribution in [1.82, 2.24) is 0 Å². The summed E-state index contributed by atoms with van der Waals surface area (Å²) in [4.78, 5) is 2.34. The van der Waals surface area contributed by atoms with Gasteiger partial charge in [-0.2, -0.15) is 0 Å². The fraction of sp³-hybridized carbons (Fsp3) is 0.0196. The summed E-state index contributed by atoms with van der Waals surface area (Å²) >= 11 is 0. The van der Waals surface area contributed by atoms with Gasteiger partial charge in [0.05, 0.1) is 11.4 Å². The lowest BCUT2D eigenvalue weighted by Crippen LogP contribution is -2.11. The standard InChI is InChI=1S/C51H34N2O2/c1-3-12-35(13-4-1)51-52-45-31-26-34-24-29-41-39(18-11-19-44(41)49(34)50(45)55-51)33-22-27-38(28-23-33)53(37-14-5-2-6-15-37)46-20-9-7-16-40(46)36-25-30-43-42-17-8-10-21-47(42)54-48(43)32-36/h1-32,51-52H. The highest BCUT2D eigenvalue weighted by Crippen LogP contribution is 2.47. The highest BCUT2D eigenvalue weighted by molar-refractivity contribution is 6.16. The Hall–Kier alpha value is -7.30. The summed E-state index contributed by atoms with van der Waals surface area (Å²) in [5, 5.41) is 10.5. The van der Waals surface area contributed by atoms with Gasteiger partial charge >= 0.3 is 0 Å². The SMILES string of the molecule is c1ccc(C2Nc3ccc4ccc5c(-c6ccc(N(c7ccccc7)c7ccccc7-c7ccc8c(c7)oc7ccccc78)cc6)cccc5c4c3O2)cc1. The van der Waals surface area contributed by atoms with Gasteiger partial charge in [-0.25, -0.2) is 0 Å². The first-order valence-corrected chi connectivity index (χ1v) is 18.7. The Labute approximate surface area is 318 Å². The van der Waals surface area contributed by atoms with E-state index in [1.165, 1.54) is 16.3 Å². The lowest BCUT2D eigenvalue weighted by atomic mass is 9.94. The molecule has 0 radical (unpaired) electrons. The lowest BCUT2D eigenvalue weighted by Gasteiger charge is -2.28. The van der Waals surface area contributed by atoms with Crippen LogP contribution in [0, 0.1) is 0 Å². The fourth-order valence-electron chi connectivity index (χ4n) is 8.31. The molecule has 0 aliphatic carbocycles. The van der Waals surface area contributed by atoms with Crippen LogP contribution in [0.1, 0.15) is 11.8 Å². The van der Waals surface area contributed by atoms with Crippen LogP contribution >= 0.6 is 0 Å². The molecule has 2 heterocycles. The van der Waals surface area contributed by atoms with Gasteiger partial charge in [-0.05, 0) is 87.4 Å².